The van der Waals surface area contributed by atoms with Gasteiger partial charge in [-0.2, -0.15) is 0 Å². The highest BCUT2D eigenvalue weighted by molar-refractivity contribution is 5.91. The Morgan fingerprint density at radius 3 is 2.44 bits per heavy atom. The molecule has 132 valence electrons. The predicted octanol–water partition coefficient (Wildman–Crippen LogP) is 5.03. The number of hydrogen-bond donors (Lipinski definition) is 1. The second-order valence-electron chi connectivity index (χ2n) is 6.36. The summed E-state index contributed by atoms with van der Waals surface area (Å²) >= 11 is 0. The van der Waals surface area contributed by atoms with Gasteiger partial charge in [0.15, 0.2) is 6.61 Å². The van der Waals surface area contributed by atoms with Crippen LogP contribution in [0.25, 0.3) is 0 Å². The van der Waals surface area contributed by atoms with Gasteiger partial charge in [-0.15, -0.1) is 0 Å². The Balaban J connectivity index is 1.51. The third-order valence-electron chi connectivity index (χ3n) is 4.53. The number of benzene rings is 2. The zero-order valence-electron chi connectivity index (χ0n) is 13.9. The van der Waals surface area contributed by atoms with Gasteiger partial charge in [0.1, 0.15) is 17.4 Å². The third-order valence-corrected chi connectivity index (χ3v) is 4.53. The third kappa shape index (κ3) is 4.78. The molecule has 3 rings (SSSR count). The van der Waals surface area contributed by atoms with Gasteiger partial charge in [-0.25, -0.2) is 8.78 Å². The van der Waals surface area contributed by atoms with E-state index in [1.165, 1.54) is 43.7 Å². The van der Waals surface area contributed by atoms with Crippen molar-refractivity contribution in [1.82, 2.24) is 0 Å². The van der Waals surface area contributed by atoms with Crippen molar-refractivity contribution in [3.05, 3.63) is 59.7 Å². The minimum Gasteiger partial charge on any atom is -0.484 e. The molecule has 0 atom stereocenters. The molecule has 0 aromatic heterocycles. The molecule has 0 radical (unpaired) electrons. The molecule has 0 aliphatic heterocycles. The number of hydrogen-bond acceptors (Lipinski definition) is 2. The molecule has 1 aliphatic rings. The summed E-state index contributed by atoms with van der Waals surface area (Å²) in [6, 6.07) is 10.8. The van der Waals surface area contributed by atoms with Crippen LogP contribution < -0.4 is 10.1 Å². The van der Waals surface area contributed by atoms with E-state index in [2.05, 4.69) is 5.32 Å². The molecular formula is C20H21F2NO2. The normalized spacial score (nSPS) is 15.0. The largest absolute Gasteiger partial charge is 0.484 e. The molecule has 0 spiro atoms. The Morgan fingerprint density at radius 2 is 1.76 bits per heavy atom. The maximum atomic E-state index is 13.5. The molecule has 0 unspecified atom stereocenters. The Hall–Kier alpha value is -2.43. The van der Waals surface area contributed by atoms with Crippen LogP contribution in [0.4, 0.5) is 14.5 Å². The summed E-state index contributed by atoms with van der Waals surface area (Å²) < 4.78 is 31.8. The van der Waals surface area contributed by atoms with Crippen LogP contribution in [0.15, 0.2) is 42.5 Å². The summed E-state index contributed by atoms with van der Waals surface area (Å²) in [5, 5.41) is 2.37. The van der Waals surface area contributed by atoms with Crippen LogP contribution in [-0.2, 0) is 4.79 Å². The maximum absolute atomic E-state index is 13.5. The van der Waals surface area contributed by atoms with Gasteiger partial charge in [-0.05, 0) is 48.6 Å². The first-order valence-electron chi connectivity index (χ1n) is 8.59. The average molecular weight is 345 g/mol. The summed E-state index contributed by atoms with van der Waals surface area (Å²) in [6.07, 6.45) is 6.34. The van der Waals surface area contributed by atoms with Crippen molar-refractivity contribution >= 4 is 11.6 Å². The van der Waals surface area contributed by atoms with Crippen LogP contribution in [0, 0.1) is 11.6 Å². The lowest BCUT2D eigenvalue weighted by Crippen LogP contribution is -2.20. The molecule has 0 bridgehead atoms. The van der Waals surface area contributed by atoms with Gasteiger partial charge in [-0.3, -0.25) is 4.79 Å². The van der Waals surface area contributed by atoms with Crippen molar-refractivity contribution in [3.63, 3.8) is 0 Å². The molecule has 1 fully saturated rings. The van der Waals surface area contributed by atoms with Crippen molar-refractivity contribution in [1.29, 1.82) is 0 Å². The molecule has 5 heteroatoms. The Morgan fingerprint density at radius 1 is 1.04 bits per heavy atom. The van der Waals surface area contributed by atoms with E-state index in [0.717, 1.165) is 12.1 Å². The van der Waals surface area contributed by atoms with Gasteiger partial charge in [0.2, 0.25) is 0 Å². The van der Waals surface area contributed by atoms with Crippen molar-refractivity contribution in [2.45, 2.75) is 38.0 Å². The van der Waals surface area contributed by atoms with Gasteiger partial charge in [-0.1, -0.05) is 31.4 Å². The molecule has 2 aromatic rings. The lowest BCUT2D eigenvalue weighted by molar-refractivity contribution is -0.118. The summed E-state index contributed by atoms with van der Waals surface area (Å²) in [4.78, 5) is 11.8. The van der Waals surface area contributed by atoms with E-state index in [0.29, 0.717) is 11.7 Å². The number of halogens is 2. The minimum atomic E-state index is -0.815. The zero-order chi connectivity index (χ0) is 17.6. The summed E-state index contributed by atoms with van der Waals surface area (Å²) in [7, 11) is 0. The number of ether oxygens (including phenoxy) is 1. The molecule has 1 amide bonds. The smallest absolute Gasteiger partial charge is 0.262 e. The predicted molar refractivity (Wildman–Crippen MR) is 92.8 cm³/mol. The van der Waals surface area contributed by atoms with Crippen molar-refractivity contribution < 1.29 is 18.3 Å². The molecule has 1 saturated carbocycles. The van der Waals surface area contributed by atoms with E-state index in [-0.39, 0.29) is 12.3 Å². The number of carbonyl (C=O) groups is 1. The second-order valence-corrected chi connectivity index (χ2v) is 6.36. The minimum absolute atomic E-state index is 0.0670. The lowest BCUT2D eigenvalue weighted by atomic mass is 9.84. The molecular weight excluding hydrogens is 324 g/mol. The van der Waals surface area contributed by atoms with Gasteiger partial charge in [0, 0.05) is 6.07 Å². The highest BCUT2D eigenvalue weighted by atomic mass is 19.1. The van der Waals surface area contributed by atoms with E-state index in [1.54, 1.807) is 0 Å². The quantitative estimate of drug-likeness (QED) is 0.825. The topological polar surface area (TPSA) is 38.3 Å². The number of amides is 1. The number of carbonyl (C=O) groups excluding carboxylic acids is 1. The molecule has 2 aromatic carbocycles. The van der Waals surface area contributed by atoms with Gasteiger partial charge in [0.25, 0.3) is 5.91 Å². The summed E-state index contributed by atoms with van der Waals surface area (Å²) in [6.45, 7) is -0.237. The van der Waals surface area contributed by atoms with Crippen molar-refractivity contribution in [3.8, 4) is 5.75 Å². The number of nitrogens with one attached hydrogen (secondary N) is 1. The monoisotopic (exact) mass is 345 g/mol. The number of rotatable bonds is 5. The zero-order valence-corrected chi connectivity index (χ0v) is 13.9. The van der Waals surface area contributed by atoms with Crippen LogP contribution in [0.3, 0.4) is 0 Å². The average Bonchev–Trinajstić information content (AvgIpc) is 2.63. The Bertz CT molecular complexity index is 725. The van der Waals surface area contributed by atoms with Crippen LogP contribution in [0.1, 0.15) is 43.6 Å². The first kappa shape index (κ1) is 17.4. The second kappa shape index (κ2) is 8.10. The fraction of sp³-hybridized carbons (Fsp3) is 0.350. The summed E-state index contributed by atoms with van der Waals surface area (Å²) in [5.41, 5.74) is 1.24. The lowest BCUT2D eigenvalue weighted by Gasteiger charge is -2.22. The molecule has 25 heavy (non-hydrogen) atoms. The van der Waals surface area contributed by atoms with E-state index in [1.807, 2.05) is 24.3 Å². The number of anilines is 1. The van der Waals surface area contributed by atoms with Gasteiger partial charge < -0.3 is 10.1 Å². The fourth-order valence-electron chi connectivity index (χ4n) is 3.20. The first-order chi connectivity index (χ1) is 12.1. The van der Waals surface area contributed by atoms with Crippen molar-refractivity contribution in [2.75, 3.05) is 11.9 Å². The van der Waals surface area contributed by atoms with E-state index in [9.17, 15) is 13.6 Å². The highest BCUT2D eigenvalue weighted by Gasteiger charge is 2.15. The summed E-state index contributed by atoms with van der Waals surface area (Å²) in [5.74, 6) is -0.793. The van der Waals surface area contributed by atoms with Crippen LogP contribution in [-0.4, -0.2) is 12.5 Å². The first-order valence-corrected chi connectivity index (χ1v) is 8.59. The highest BCUT2D eigenvalue weighted by Crippen LogP contribution is 2.33. The standard InChI is InChI=1S/C20H21F2NO2/c21-16-8-11-19(18(22)12-16)23-20(24)13-25-17-9-6-15(7-10-17)14-4-2-1-3-5-14/h6-12,14H,1-5,13H2,(H,23,24). The van der Waals surface area contributed by atoms with Crippen molar-refractivity contribution in [2.24, 2.45) is 0 Å². The molecule has 1 N–H and O–H groups in total. The molecule has 1 aliphatic carbocycles. The van der Waals surface area contributed by atoms with Crippen LogP contribution in [0.5, 0.6) is 5.75 Å². The molecule has 3 nitrogen and oxygen atoms in total. The molecule has 0 heterocycles. The molecule has 0 saturated heterocycles. The Labute approximate surface area is 146 Å². The van der Waals surface area contributed by atoms with E-state index >= 15 is 0 Å². The van der Waals surface area contributed by atoms with Crippen LogP contribution >= 0.6 is 0 Å². The van der Waals surface area contributed by atoms with E-state index < -0.39 is 17.5 Å². The Kier molecular flexibility index (Phi) is 5.64. The van der Waals surface area contributed by atoms with E-state index in [4.69, 9.17) is 4.74 Å². The van der Waals surface area contributed by atoms with Gasteiger partial charge in [0.05, 0.1) is 5.69 Å². The van der Waals surface area contributed by atoms with Gasteiger partial charge >= 0.3 is 0 Å². The fourth-order valence-corrected chi connectivity index (χ4v) is 3.20. The maximum Gasteiger partial charge on any atom is 0.262 e. The van der Waals surface area contributed by atoms with Crippen LogP contribution in [0.2, 0.25) is 0 Å². The SMILES string of the molecule is O=C(COc1ccc(C2CCCCC2)cc1)Nc1ccc(F)cc1F.